The van der Waals surface area contributed by atoms with E-state index in [4.69, 9.17) is 0 Å². The SMILES string of the molecule is ON(CCc1ccccc1)c1ccccn1. The van der Waals surface area contributed by atoms with Gasteiger partial charge in [0, 0.05) is 6.20 Å². The molecule has 16 heavy (non-hydrogen) atoms. The zero-order valence-corrected chi connectivity index (χ0v) is 8.95. The predicted octanol–water partition coefficient (Wildman–Crippen LogP) is 2.52. The number of aromatic nitrogens is 1. The maximum Gasteiger partial charge on any atom is 0.152 e. The normalized spacial score (nSPS) is 10.1. The van der Waals surface area contributed by atoms with E-state index in [2.05, 4.69) is 4.98 Å². The van der Waals surface area contributed by atoms with E-state index in [0.29, 0.717) is 12.4 Å². The zero-order chi connectivity index (χ0) is 11.2. The van der Waals surface area contributed by atoms with Crippen LogP contribution in [0.4, 0.5) is 5.82 Å². The molecule has 0 fully saturated rings. The number of pyridine rings is 1. The molecule has 82 valence electrons. The molecule has 2 rings (SSSR count). The molecule has 0 aliphatic rings. The van der Waals surface area contributed by atoms with Crippen LogP contribution in [0.1, 0.15) is 5.56 Å². The first-order valence-electron chi connectivity index (χ1n) is 5.27. The van der Waals surface area contributed by atoms with E-state index >= 15 is 0 Å². The minimum absolute atomic E-state index is 0.543. The van der Waals surface area contributed by atoms with E-state index in [1.54, 1.807) is 12.3 Å². The van der Waals surface area contributed by atoms with Crippen molar-refractivity contribution < 1.29 is 5.21 Å². The lowest BCUT2D eigenvalue weighted by atomic mass is 10.1. The van der Waals surface area contributed by atoms with E-state index in [1.165, 1.54) is 10.6 Å². The summed E-state index contributed by atoms with van der Waals surface area (Å²) < 4.78 is 0. The van der Waals surface area contributed by atoms with Crippen LogP contribution >= 0.6 is 0 Å². The fraction of sp³-hybridized carbons (Fsp3) is 0.154. The molecule has 2 aromatic rings. The van der Waals surface area contributed by atoms with Gasteiger partial charge in [-0.15, -0.1) is 0 Å². The van der Waals surface area contributed by atoms with Gasteiger partial charge in [-0.3, -0.25) is 5.21 Å². The van der Waals surface area contributed by atoms with Gasteiger partial charge in [0.1, 0.15) is 0 Å². The van der Waals surface area contributed by atoms with Gasteiger partial charge in [-0.1, -0.05) is 36.4 Å². The average molecular weight is 214 g/mol. The van der Waals surface area contributed by atoms with E-state index in [-0.39, 0.29) is 0 Å². The van der Waals surface area contributed by atoms with Crippen LogP contribution in [-0.2, 0) is 6.42 Å². The Kier molecular flexibility index (Phi) is 3.51. The highest BCUT2D eigenvalue weighted by Crippen LogP contribution is 2.08. The van der Waals surface area contributed by atoms with Crippen LogP contribution in [0.5, 0.6) is 0 Å². The van der Waals surface area contributed by atoms with Crippen molar-refractivity contribution in [2.24, 2.45) is 0 Å². The second kappa shape index (κ2) is 5.28. The minimum Gasteiger partial charge on any atom is -0.287 e. The molecule has 1 aromatic carbocycles. The second-order valence-electron chi connectivity index (χ2n) is 3.55. The van der Waals surface area contributed by atoms with Crippen LogP contribution in [-0.4, -0.2) is 16.7 Å². The molecule has 0 atom stereocenters. The molecule has 1 aromatic heterocycles. The fourth-order valence-corrected chi connectivity index (χ4v) is 1.50. The molecule has 0 aliphatic carbocycles. The summed E-state index contributed by atoms with van der Waals surface area (Å²) in [5.74, 6) is 0.582. The Hall–Kier alpha value is -1.87. The Morgan fingerprint density at radius 1 is 1.00 bits per heavy atom. The molecule has 0 aliphatic heterocycles. The van der Waals surface area contributed by atoms with Gasteiger partial charge in [0.2, 0.25) is 0 Å². The topological polar surface area (TPSA) is 36.4 Å². The standard InChI is InChI=1S/C13H14N2O/c16-15(13-8-4-5-10-14-13)11-9-12-6-2-1-3-7-12/h1-8,10,16H,9,11H2. The van der Waals surface area contributed by atoms with E-state index in [9.17, 15) is 5.21 Å². The summed E-state index contributed by atoms with van der Waals surface area (Å²) in [6.07, 6.45) is 2.47. The second-order valence-corrected chi connectivity index (χ2v) is 3.55. The van der Waals surface area contributed by atoms with Crippen LogP contribution in [0.2, 0.25) is 0 Å². The Balaban J connectivity index is 1.92. The van der Waals surface area contributed by atoms with Gasteiger partial charge in [-0.05, 0) is 24.1 Å². The molecule has 0 amide bonds. The van der Waals surface area contributed by atoms with Crippen molar-refractivity contribution in [1.29, 1.82) is 0 Å². The molecule has 1 N–H and O–H groups in total. The highest BCUT2D eigenvalue weighted by Gasteiger charge is 2.02. The number of rotatable bonds is 4. The molecule has 0 unspecified atom stereocenters. The van der Waals surface area contributed by atoms with Crippen molar-refractivity contribution in [3.63, 3.8) is 0 Å². The summed E-state index contributed by atoms with van der Waals surface area (Å²) in [4.78, 5) is 4.07. The minimum atomic E-state index is 0.543. The van der Waals surface area contributed by atoms with Crippen LogP contribution in [0.15, 0.2) is 54.7 Å². The zero-order valence-electron chi connectivity index (χ0n) is 8.95. The lowest BCUT2D eigenvalue weighted by molar-refractivity contribution is 0.252. The summed E-state index contributed by atoms with van der Waals surface area (Å²) in [5, 5.41) is 10.9. The molecule has 3 nitrogen and oxygen atoms in total. The number of anilines is 1. The fourth-order valence-electron chi connectivity index (χ4n) is 1.50. The number of hydrogen-bond acceptors (Lipinski definition) is 3. The smallest absolute Gasteiger partial charge is 0.152 e. The largest absolute Gasteiger partial charge is 0.287 e. The summed E-state index contributed by atoms with van der Waals surface area (Å²) in [5.41, 5.74) is 1.21. The van der Waals surface area contributed by atoms with Gasteiger partial charge in [0.05, 0.1) is 6.54 Å². The van der Waals surface area contributed by atoms with Crippen molar-refractivity contribution in [3.05, 3.63) is 60.3 Å². The van der Waals surface area contributed by atoms with E-state index < -0.39 is 0 Å². The summed E-state index contributed by atoms with van der Waals surface area (Å²) in [7, 11) is 0. The first kappa shape index (κ1) is 10.6. The first-order chi connectivity index (χ1) is 7.86. The van der Waals surface area contributed by atoms with Crippen molar-refractivity contribution >= 4 is 5.82 Å². The maximum atomic E-state index is 9.75. The van der Waals surface area contributed by atoms with Crippen LogP contribution in [0.3, 0.4) is 0 Å². The molecular weight excluding hydrogens is 200 g/mol. The predicted molar refractivity (Wildman–Crippen MR) is 63.5 cm³/mol. The molecule has 0 saturated carbocycles. The first-order valence-corrected chi connectivity index (χ1v) is 5.27. The van der Waals surface area contributed by atoms with Gasteiger partial charge >= 0.3 is 0 Å². The third kappa shape index (κ3) is 2.81. The van der Waals surface area contributed by atoms with Gasteiger partial charge < -0.3 is 0 Å². The third-order valence-corrected chi connectivity index (χ3v) is 2.37. The van der Waals surface area contributed by atoms with E-state index in [0.717, 1.165) is 6.42 Å². The lowest BCUT2D eigenvalue weighted by Crippen LogP contribution is -2.21. The van der Waals surface area contributed by atoms with Gasteiger partial charge in [0.25, 0.3) is 0 Å². The molecule has 1 heterocycles. The van der Waals surface area contributed by atoms with Crippen LogP contribution in [0.25, 0.3) is 0 Å². The number of nitrogens with zero attached hydrogens (tertiary/aromatic N) is 2. The third-order valence-electron chi connectivity index (χ3n) is 2.37. The highest BCUT2D eigenvalue weighted by atomic mass is 16.5. The van der Waals surface area contributed by atoms with Crippen molar-refractivity contribution in [2.75, 3.05) is 11.6 Å². The Morgan fingerprint density at radius 2 is 1.75 bits per heavy atom. The van der Waals surface area contributed by atoms with Gasteiger partial charge in [-0.2, -0.15) is 0 Å². The maximum absolute atomic E-state index is 9.75. The quantitative estimate of drug-likeness (QED) is 0.794. The Labute approximate surface area is 94.9 Å². The average Bonchev–Trinajstić information content (AvgIpc) is 2.38. The molecule has 0 saturated heterocycles. The summed E-state index contributed by atoms with van der Waals surface area (Å²) in [6.45, 7) is 0.543. The molecule has 0 bridgehead atoms. The Morgan fingerprint density at radius 3 is 2.44 bits per heavy atom. The number of benzene rings is 1. The molecular formula is C13H14N2O. The Bertz CT molecular complexity index is 416. The highest BCUT2D eigenvalue weighted by molar-refractivity contribution is 5.34. The summed E-state index contributed by atoms with van der Waals surface area (Å²) >= 11 is 0. The van der Waals surface area contributed by atoms with Gasteiger partial charge in [-0.25, -0.2) is 10.0 Å². The monoisotopic (exact) mass is 214 g/mol. The molecule has 0 radical (unpaired) electrons. The number of hydrogen-bond donors (Lipinski definition) is 1. The molecule has 0 spiro atoms. The number of hydroxylamine groups is 1. The lowest BCUT2D eigenvalue weighted by Gasteiger charge is -2.15. The van der Waals surface area contributed by atoms with Crippen molar-refractivity contribution in [2.45, 2.75) is 6.42 Å². The van der Waals surface area contributed by atoms with Crippen molar-refractivity contribution in [3.8, 4) is 0 Å². The van der Waals surface area contributed by atoms with E-state index in [1.807, 2.05) is 42.5 Å². The summed E-state index contributed by atoms with van der Waals surface area (Å²) in [6, 6.07) is 15.5. The van der Waals surface area contributed by atoms with Gasteiger partial charge in [0.15, 0.2) is 5.82 Å². The van der Waals surface area contributed by atoms with Crippen molar-refractivity contribution in [1.82, 2.24) is 4.98 Å². The van der Waals surface area contributed by atoms with Crippen LogP contribution in [0, 0.1) is 0 Å². The molecule has 3 heteroatoms. The van der Waals surface area contributed by atoms with Crippen LogP contribution < -0.4 is 5.06 Å².